The lowest BCUT2D eigenvalue weighted by Crippen LogP contribution is -1.72. The van der Waals surface area contributed by atoms with Gasteiger partial charge in [0.1, 0.15) is 0 Å². The maximum absolute atomic E-state index is 3.09. The Bertz CT molecular complexity index is 234. The minimum absolute atomic E-state index is 1.16. The highest BCUT2D eigenvalue weighted by Crippen LogP contribution is 2.02. The number of hydrogen-bond acceptors (Lipinski definition) is 0. The van der Waals surface area contributed by atoms with Gasteiger partial charge in [0, 0.05) is 0 Å². The summed E-state index contributed by atoms with van der Waals surface area (Å²) in [5.41, 5.74) is 0. The first-order chi connectivity index (χ1) is 7.00. The van der Waals surface area contributed by atoms with Gasteiger partial charge in [0.2, 0.25) is 0 Å². The van der Waals surface area contributed by atoms with E-state index in [-0.39, 0.29) is 0 Å². The van der Waals surface area contributed by atoms with Gasteiger partial charge in [-0.2, -0.15) is 0 Å². The molecule has 0 aromatic carbocycles. The van der Waals surface area contributed by atoms with E-state index in [9.17, 15) is 0 Å². The fourth-order valence-electron chi connectivity index (χ4n) is 1.21. The van der Waals surface area contributed by atoms with Crippen LogP contribution in [0.3, 0.4) is 0 Å². The molecule has 0 aliphatic heterocycles. The van der Waals surface area contributed by atoms with Crippen LogP contribution in [-0.4, -0.2) is 0 Å². The molecule has 0 spiro atoms. The van der Waals surface area contributed by atoms with Crippen LogP contribution in [0.2, 0.25) is 0 Å². The smallest absolute Gasteiger partial charge is 0.0187 e. The third kappa shape index (κ3) is 6.24. The normalized spacial score (nSPS) is 18.3. The molecule has 1 radical (unpaired) electrons. The summed E-state index contributed by atoms with van der Waals surface area (Å²) in [6, 6.07) is 0. The molecule has 0 aromatic rings. The van der Waals surface area contributed by atoms with Crippen LogP contribution in [0.1, 0.15) is 25.7 Å². The molecule has 0 fully saturated rings. The zero-order valence-electron chi connectivity index (χ0n) is 8.52. The molecule has 0 atom stereocenters. The average molecular weight is 185 g/mol. The van der Waals surface area contributed by atoms with Crippen molar-refractivity contribution in [3.8, 4) is 0 Å². The van der Waals surface area contributed by atoms with Crippen LogP contribution in [0.25, 0.3) is 0 Å². The highest BCUT2D eigenvalue weighted by atomic mass is 13.9. The number of allylic oxidation sites excluding steroid dienone is 10. The lowest BCUT2D eigenvalue weighted by Gasteiger charge is -1.91. The maximum atomic E-state index is 3.09. The summed E-state index contributed by atoms with van der Waals surface area (Å²) in [5.74, 6) is 0. The van der Waals surface area contributed by atoms with E-state index in [1.807, 2.05) is 30.4 Å². The van der Waals surface area contributed by atoms with Crippen LogP contribution in [0.15, 0.2) is 54.7 Å². The first kappa shape index (κ1) is 10.8. The first-order valence-electron chi connectivity index (χ1n) is 5.23. The third-order valence-corrected chi connectivity index (χ3v) is 1.98. The number of hydrogen-bond donors (Lipinski definition) is 0. The van der Waals surface area contributed by atoms with Gasteiger partial charge < -0.3 is 0 Å². The molecule has 73 valence electrons. The summed E-state index contributed by atoms with van der Waals surface area (Å²) < 4.78 is 0. The summed E-state index contributed by atoms with van der Waals surface area (Å²) in [7, 11) is 0. The molecule has 0 bridgehead atoms. The topological polar surface area (TPSA) is 0 Å². The predicted molar refractivity (Wildman–Crippen MR) is 62.8 cm³/mol. The zero-order chi connectivity index (χ0) is 9.90. The molecule has 0 amide bonds. The maximum Gasteiger partial charge on any atom is -0.0187 e. The van der Waals surface area contributed by atoms with Crippen LogP contribution in [-0.2, 0) is 0 Å². The Balaban J connectivity index is 2.46. The highest BCUT2D eigenvalue weighted by Gasteiger charge is 1.82. The van der Waals surface area contributed by atoms with E-state index in [1.54, 1.807) is 0 Å². The molecule has 0 saturated carbocycles. The minimum atomic E-state index is 1.16. The monoisotopic (exact) mass is 185 g/mol. The first-order valence-corrected chi connectivity index (χ1v) is 5.23. The predicted octanol–water partition coefficient (Wildman–Crippen LogP) is 4.14. The Hall–Kier alpha value is -1.30. The van der Waals surface area contributed by atoms with Gasteiger partial charge in [-0.1, -0.05) is 54.7 Å². The van der Waals surface area contributed by atoms with E-state index in [4.69, 9.17) is 0 Å². The van der Waals surface area contributed by atoms with E-state index in [0.717, 1.165) is 6.42 Å². The van der Waals surface area contributed by atoms with Crippen LogP contribution >= 0.6 is 0 Å². The molecule has 0 N–H and O–H groups in total. The second-order valence-corrected chi connectivity index (χ2v) is 3.22. The molecular formula is C14H17. The second kappa shape index (κ2) is 8.31. The summed E-state index contributed by atoms with van der Waals surface area (Å²) in [5, 5.41) is 0. The van der Waals surface area contributed by atoms with Crippen LogP contribution in [0, 0.1) is 6.08 Å². The molecule has 1 aliphatic carbocycles. The molecule has 0 aromatic heterocycles. The van der Waals surface area contributed by atoms with Crippen molar-refractivity contribution in [3.63, 3.8) is 0 Å². The zero-order valence-corrected chi connectivity index (χ0v) is 8.52. The molecule has 0 heteroatoms. The van der Waals surface area contributed by atoms with Gasteiger partial charge in [-0.05, 0) is 31.8 Å². The molecule has 0 nitrogen and oxygen atoms in total. The van der Waals surface area contributed by atoms with Crippen molar-refractivity contribution in [3.05, 3.63) is 60.8 Å². The van der Waals surface area contributed by atoms with Crippen molar-refractivity contribution in [1.82, 2.24) is 0 Å². The van der Waals surface area contributed by atoms with Crippen molar-refractivity contribution in [2.45, 2.75) is 25.7 Å². The standard InChI is InChI=1S/C14H17/c1-2-4-6-8-10-12-14-13-11-9-7-5-3-1/h1-7,11,13H,8,10,12,14H2. The molecule has 14 heavy (non-hydrogen) atoms. The van der Waals surface area contributed by atoms with E-state index in [1.165, 1.54) is 19.3 Å². The fraction of sp³-hybridized carbons (Fsp3) is 0.286. The van der Waals surface area contributed by atoms with Gasteiger partial charge in [0.25, 0.3) is 0 Å². The van der Waals surface area contributed by atoms with Crippen molar-refractivity contribution in [2.75, 3.05) is 0 Å². The SMILES string of the molecule is [C]1=CC=CC=CC=CCCCCC=C1. The number of rotatable bonds is 0. The van der Waals surface area contributed by atoms with Gasteiger partial charge in [-0.3, -0.25) is 0 Å². The second-order valence-electron chi connectivity index (χ2n) is 3.22. The average Bonchev–Trinajstić information content (AvgIpc) is 2.22. The Morgan fingerprint density at radius 2 is 1.43 bits per heavy atom. The molecule has 0 heterocycles. The van der Waals surface area contributed by atoms with Crippen molar-refractivity contribution in [2.24, 2.45) is 0 Å². The summed E-state index contributed by atoms with van der Waals surface area (Å²) in [4.78, 5) is 0. The van der Waals surface area contributed by atoms with Crippen LogP contribution in [0.4, 0.5) is 0 Å². The lowest BCUT2D eigenvalue weighted by atomic mass is 10.1. The van der Waals surface area contributed by atoms with E-state index >= 15 is 0 Å². The van der Waals surface area contributed by atoms with E-state index in [0.29, 0.717) is 0 Å². The Labute approximate surface area is 87.0 Å². The van der Waals surface area contributed by atoms with Gasteiger partial charge in [0.05, 0.1) is 0 Å². The molecule has 1 aliphatic rings. The van der Waals surface area contributed by atoms with E-state index in [2.05, 4.69) is 30.4 Å². The Kier molecular flexibility index (Phi) is 6.39. The van der Waals surface area contributed by atoms with Crippen molar-refractivity contribution < 1.29 is 0 Å². The van der Waals surface area contributed by atoms with E-state index < -0.39 is 0 Å². The summed E-state index contributed by atoms with van der Waals surface area (Å²) in [6.45, 7) is 0. The van der Waals surface area contributed by atoms with Crippen LogP contribution in [0.5, 0.6) is 0 Å². The quantitative estimate of drug-likeness (QED) is 0.532. The fourth-order valence-corrected chi connectivity index (χ4v) is 1.21. The summed E-state index contributed by atoms with van der Waals surface area (Å²) in [6.07, 6.45) is 26.5. The molecule has 1 rings (SSSR count). The van der Waals surface area contributed by atoms with Crippen molar-refractivity contribution in [1.29, 1.82) is 0 Å². The summed E-state index contributed by atoms with van der Waals surface area (Å²) >= 11 is 0. The Morgan fingerprint density at radius 1 is 0.714 bits per heavy atom. The van der Waals surface area contributed by atoms with Gasteiger partial charge in [-0.25, -0.2) is 0 Å². The molecule has 0 unspecified atom stereocenters. The van der Waals surface area contributed by atoms with Crippen molar-refractivity contribution >= 4 is 0 Å². The third-order valence-electron chi connectivity index (χ3n) is 1.98. The van der Waals surface area contributed by atoms with Gasteiger partial charge >= 0.3 is 0 Å². The minimum Gasteiger partial charge on any atom is -0.0845 e. The Morgan fingerprint density at radius 3 is 2.36 bits per heavy atom. The largest absolute Gasteiger partial charge is 0.0845 e. The van der Waals surface area contributed by atoms with Gasteiger partial charge in [0.15, 0.2) is 0 Å². The lowest BCUT2D eigenvalue weighted by molar-refractivity contribution is 0.762. The molecular weight excluding hydrogens is 168 g/mol. The highest BCUT2D eigenvalue weighted by molar-refractivity contribution is 5.15. The molecule has 0 saturated heterocycles. The van der Waals surface area contributed by atoms with Gasteiger partial charge in [-0.15, -0.1) is 0 Å². The van der Waals surface area contributed by atoms with Crippen LogP contribution < -0.4 is 0 Å².